The number of allylic oxidation sites excluding steroid dienone is 1. The summed E-state index contributed by atoms with van der Waals surface area (Å²) in [6.45, 7) is 5.83. The van der Waals surface area contributed by atoms with Gasteiger partial charge in [0, 0.05) is 24.0 Å². The number of fused-ring (bicyclic) bond motifs is 2. The monoisotopic (exact) mass is 442 g/mol. The van der Waals surface area contributed by atoms with E-state index >= 15 is 0 Å². The Hall–Kier alpha value is -3.16. The number of benzene rings is 1. The summed E-state index contributed by atoms with van der Waals surface area (Å²) in [4.78, 5) is 25.0. The van der Waals surface area contributed by atoms with Gasteiger partial charge in [-0.1, -0.05) is 13.8 Å². The van der Waals surface area contributed by atoms with Crippen molar-refractivity contribution in [3.63, 3.8) is 0 Å². The number of carbonyl (C=O) groups is 2. The SMILES string of the molecule is COC1=C(OC)[C@]23COc4c5c(cc(c42)[C@H](OC(C)=O)[C@H](C)[C@H](C)CC3=CC1=O)OCO5. The van der Waals surface area contributed by atoms with Crippen molar-refractivity contribution in [3.05, 3.63) is 40.4 Å². The zero-order chi connectivity index (χ0) is 22.8. The van der Waals surface area contributed by atoms with E-state index in [-0.39, 0.29) is 42.7 Å². The van der Waals surface area contributed by atoms with Crippen LogP contribution < -0.4 is 14.2 Å². The predicted molar refractivity (Wildman–Crippen MR) is 111 cm³/mol. The van der Waals surface area contributed by atoms with Gasteiger partial charge in [0.05, 0.1) is 14.2 Å². The Balaban J connectivity index is 1.88. The minimum absolute atomic E-state index is 0.0308. The molecule has 4 atom stereocenters. The zero-order valence-electron chi connectivity index (χ0n) is 18.8. The van der Waals surface area contributed by atoms with Crippen LogP contribution in [0.25, 0.3) is 0 Å². The molecular weight excluding hydrogens is 416 g/mol. The molecule has 1 aromatic rings. The first kappa shape index (κ1) is 20.7. The van der Waals surface area contributed by atoms with Crippen LogP contribution in [0, 0.1) is 11.8 Å². The molecule has 1 spiro atoms. The lowest BCUT2D eigenvalue weighted by molar-refractivity contribution is -0.150. The molecule has 170 valence electrons. The maximum absolute atomic E-state index is 12.9. The lowest BCUT2D eigenvalue weighted by Gasteiger charge is -2.42. The first-order valence-electron chi connectivity index (χ1n) is 10.7. The van der Waals surface area contributed by atoms with Crippen LogP contribution in [0.3, 0.4) is 0 Å². The minimum Gasteiger partial charge on any atom is -0.496 e. The zero-order valence-corrected chi connectivity index (χ0v) is 18.8. The average molecular weight is 442 g/mol. The van der Waals surface area contributed by atoms with Gasteiger partial charge in [-0.05, 0) is 30.1 Å². The van der Waals surface area contributed by atoms with Crippen molar-refractivity contribution in [2.75, 3.05) is 27.6 Å². The molecule has 0 aromatic heterocycles. The molecule has 8 heteroatoms. The maximum atomic E-state index is 12.9. The third-order valence-electron chi connectivity index (χ3n) is 7.11. The van der Waals surface area contributed by atoms with E-state index in [9.17, 15) is 9.59 Å². The first-order valence-corrected chi connectivity index (χ1v) is 10.7. The van der Waals surface area contributed by atoms with Crippen molar-refractivity contribution < 1.29 is 38.0 Å². The summed E-state index contributed by atoms with van der Waals surface area (Å²) in [5.74, 6) is 1.57. The molecule has 2 aliphatic carbocycles. The number of hydrogen-bond acceptors (Lipinski definition) is 8. The molecule has 4 aliphatic rings. The Kier molecular flexibility index (Phi) is 4.65. The van der Waals surface area contributed by atoms with Crippen molar-refractivity contribution in [2.45, 2.75) is 38.7 Å². The van der Waals surface area contributed by atoms with Crippen molar-refractivity contribution in [3.8, 4) is 17.2 Å². The standard InChI is InChI=1S/C24H26O8/c1-11-6-14-7-16(26)20(27-4)23(28-5)24(14)9-29-22-18(24)15(8-17-21(22)31-10-30-17)19(12(11)2)32-13(3)25/h7-8,11-12,19H,6,9-10H2,1-5H3/t11-,12-,19-,24+/m1/s1. The summed E-state index contributed by atoms with van der Waals surface area (Å²) in [6.07, 6.45) is 1.71. The van der Waals surface area contributed by atoms with E-state index in [1.165, 1.54) is 21.1 Å². The molecule has 1 aromatic carbocycles. The van der Waals surface area contributed by atoms with Gasteiger partial charge in [0.15, 0.2) is 17.3 Å². The Morgan fingerprint density at radius 2 is 1.91 bits per heavy atom. The van der Waals surface area contributed by atoms with E-state index in [0.717, 1.165) is 16.7 Å². The molecular formula is C24H26O8. The molecule has 2 aliphatic heterocycles. The van der Waals surface area contributed by atoms with Crippen molar-refractivity contribution in [1.82, 2.24) is 0 Å². The summed E-state index contributed by atoms with van der Waals surface area (Å²) in [5.41, 5.74) is 1.53. The molecule has 8 nitrogen and oxygen atoms in total. The lowest BCUT2D eigenvalue weighted by atomic mass is 9.62. The maximum Gasteiger partial charge on any atom is 0.303 e. The van der Waals surface area contributed by atoms with Crippen LogP contribution in [0.15, 0.2) is 29.2 Å². The van der Waals surface area contributed by atoms with Crippen LogP contribution in [0.2, 0.25) is 0 Å². The highest BCUT2D eigenvalue weighted by molar-refractivity contribution is 6.05. The minimum atomic E-state index is -0.896. The predicted octanol–water partition coefficient (Wildman–Crippen LogP) is 3.34. The number of rotatable bonds is 3. The fourth-order valence-electron chi connectivity index (χ4n) is 5.47. The van der Waals surface area contributed by atoms with Crippen molar-refractivity contribution in [1.29, 1.82) is 0 Å². The molecule has 5 rings (SSSR count). The summed E-state index contributed by atoms with van der Waals surface area (Å²) in [6, 6.07) is 1.87. The van der Waals surface area contributed by atoms with Crippen LogP contribution >= 0.6 is 0 Å². The van der Waals surface area contributed by atoms with Crippen LogP contribution in [0.4, 0.5) is 0 Å². The smallest absolute Gasteiger partial charge is 0.303 e. The fourth-order valence-corrected chi connectivity index (χ4v) is 5.47. The van der Waals surface area contributed by atoms with Gasteiger partial charge in [-0.25, -0.2) is 0 Å². The third-order valence-corrected chi connectivity index (χ3v) is 7.11. The van der Waals surface area contributed by atoms with Crippen LogP contribution in [0.1, 0.15) is 44.4 Å². The third kappa shape index (κ3) is 2.61. The molecule has 0 N–H and O–H groups in total. The van der Waals surface area contributed by atoms with Crippen molar-refractivity contribution in [2.24, 2.45) is 11.8 Å². The van der Waals surface area contributed by atoms with Gasteiger partial charge in [-0.15, -0.1) is 0 Å². The van der Waals surface area contributed by atoms with E-state index in [4.69, 9.17) is 28.4 Å². The topological polar surface area (TPSA) is 89.5 Å². The Bertz CT molecular complexity index is 1080. The molecule has 32 heavy (non-hydrogen) atoms. The van der Waals surface area contributed by atoms with Gasteiger partial charge in [-0.3, -0.25) is 9.59 Å². The van der Waals surface area contributed by atoms with Crippen LogP contribution in [-0.4, -0.2) is 39.4 Å². The van der Waals surface area contributed by atoms with Crippen LogP contribution in [0.5, 0.6) is 17.2 Å². The highest BCUT2D eigenvalue weighted by Gasteiger charge is 2.58. The van der Waals surface area contributed by atoms with E-state index in [0.29, 0.717) is 29.4 Å². The number of carbonyl (C=O) groups excluding carboxylic acids is 2. The molecule has 0 saturated carbocycles. The number of methoxy groups -OCH3 is 2. The van der Waals surface area contributed by atoms with Gasteiger partial charge in [0.2, 0.25) is 24.1 Å². The van der Waals surface area contributed by atoms with Gasteiger partial charge in [0.1, 0.15) is 18.1 Å². The normalized spacial score (nSPS) is 29.8. The lowest BCUT2D eigenvalue weighted by Crippen LogP contribution is -2.42. The molecule has 0 fully saturated rings. The Morgan fingerprint density at radius 1 is 1.12 bits per heavy atom. The van der Waals surface area contributed by atoms with E-state index in [1.54, 1.807) is 6.08 Å². The summed E-state index contributed by atoms with van der Waals surface area (Å²) in [5, 5.41) is 0. The second kappa shape index (κ2) is 7.18. The van der Waals surface area contributed by atoms with Gasteiger partial charge < -0.3 is 28.4 Å². The molecule has 0 radical (unpaired) electrons. The first-order chi connectivity index (χ1) is 15.3. The molecule has 0 unspecified atom stereocenters. The quantitative estimate of drug-likeness (QED) is 0.659. The average Bonchev–Trinajstić information content (AvgIpc) is 3.38. The Morgan fingerprint density at radius 3 is 2.59 bits per heavy atom. The molecule has 0 amide bonds. The van der Waals surface area contributed by atoms with Crippen molar-refractivity contribution >= 4 is 11.8 Å². The van der Waals surface area contributed by atoms with Crippen LogP contribution in [-0.2, 0) is 29.2 Å². The summed E-state index contributed by atoms with van der Waals surface area (Å²) >= 11 is 0. The second-order valence-electron chi connectivity index (χ2n) is 8.77. The van der Waals surface area contributed by atoms with Gasteiger partial charge >= 0.3 is 5.97 Å². The molecule has 2 heterocycles. The van der Waals surface area contributed by atoms with E-state index < -0.39 is 11.5 Å². The molecule has 0 saturated heterocycles. The molecule has 0 bridgehead atoms. The summed E-state index contributed by atoms with van der Waals surface area (Å²) in [7, 11) is 2.98. The highest BCUT2D eigenvalue weighted by Crippen LogP contribution is 2.62. The summed E-state index contributed by atoms with van der Waals surface area (Å²) < 4.78 is 34.9. The van der Waals surface area contributed by atoms with Gasteiger partial charge in [0.25, 0.3) is 0 Å². The van der Waals surface area contributed by atoms with Gasteiger partial charge in [-0.2, -0.15) is 0 Å². The largest absolute Gasteiger partial charge is 0.496 e. The van der Waals surface area contributed by atoms with E-state index in [1.807, 2.05) is 6.07 Å². The highest BCUT2D eigenvalue weighted by atomic mass is 16.7. The van der Waals surface area contributed by atoms with E-state index in [2.05, 4.69) is 13.8 Å². The number of ether oxygens (including phenoxy) is 6. The second-order valence-corrected chi connectivity index (χ2v) is 8.77. The Labute approximate surface area is 186 Å². The number of hydrogen-bond donors (Lipinski definition) is 0. The number of ketones is 1. The fraction of sp³-hybridized carbons (Fsp3) is 0.500. The number of esters is 1.